The smallest absolute Gasteiger partial charge is 0.167 e. The summed E-state index contributed by atoms with van der Waals surface area (Å²) in [7, 11) is 0. The SMILES string of the molecule is CCCC(O)C(=O)Cc1ccn(C2CCCC2)n1. The number of aliphatic hydroxyl groups excluding tert-OH is 1. The quantitative estimate of drug-likeness (QED) is 0.842. The van der Waals surface area contributed by atoms with E-state index >= 15 is 0 Å². The molecule has 1 atom stereocenters. The average molecular weight is 250 g/mol. The van der Waals surface area contributed by atoms with Crippen molar-refractivity contribution < 1.29 is 9.90 Å². The number of rotatable bonds is 6. The Labute approximate surface area is 108 Å². The lowest BCUT2D eigenvalue weighted by molar-refractivity contribution is -0.126. The van der Waals surface area contributed by atoms with E-state index in [-0.39, 0.29) is 12.2 Å². The van der Waals surface area contributed by atoms with Crippen LogP contribution in [-0.4, -0.2) is 26.8 Å². The van der Waals surface area contributed by atoms with E-state index in [0.717, 1.165) is 12.1 Å². The highest BCUT2D eigenvalue weighted by molar-refractivity contribution is 5.84. The first-order valence-corrected chi connectivity index (χ1v) is 6.95. The minimum Gasteiger partial charge on any atom is -0.385 e. The first-order valence-electron chi connectivity index (χ1n) is 6.95. The van der Waals surface area contributed by atoms with E-state index in [9.17, 15) is 9.90 Å². The Morgan fingerprint density at radius 1 is 1.56 bits per heavy atom. The molecule has 1 unspecified atom stereocenters. The summed E-state index contributed by atoms with van der Waals surface area (Å²) in [5.74, 6) is -0.117. The molecule has 0 radical (unpaired) electrons. The molecule has 0 aliphatic heterocycles. The number of Topliss-reactive ketones (excluding diaryl/α,β-unsaturated/α-hetero) is 1. The second kappa shape index (κ2) is 6.14. The summed E-state index contributed by atoms with van der Waals surface area (Å²) in [6, 6.07) is 2.41. The van der Waals surface area contributed by atoms with E-state index in [1.54, 1.807) is 0 Å². The molecule has 2 rings (SSSR count). The molecule has 1 N–H and O–H groups in total. The zero-order valence-corrected chi connectivity index (χ0v) is 11.0. The van der Waals surface area contributed by atoms with Crippen LogP contribution in [0.3, 0.4) is 0 Å². The lowest BCUT2D eigenvalue weighted by atomic mass is 10.1. The number of aliphatic hydroxyl groups is 1. The molecule has 1 aliphatic rings. The van der Waals surface area contributed by atoms with Crippen LogP contribution in [0.4, 0.5) is 0 Å². The van der Waals surface area contributed by atoms with Crippen LogP contribution in [0.2, 0.25) is 0 Å². The normalized spacial score (nSPS) is 18.1. The molecule has 0 saturated heterocycles. The van der Waals surface area contributed by atoms with Crippen LogP contribution in [0.1, 0.15) is 57.2 Å². The largest absolute Gasteiger partial charge is 0.385 e. The predicted octanol–water partition coefficient (Wildman–Crippen LogP) is 2.27. The van der Waals surface area contributed by atoms with Crippen molar-refractivity contribution in [1.82, 2.24) is 9.78 Å². The number of hydrogen-bond acceptors (Lipinski definition) is 3. The van der Waals surface area contributed by atoms with Gasteiger partial charge >= 0.3 is 0 Å². The number of aromatic nitrogens is 2. The third-order valence-electron chi connectivity index (χ3n) is 3.65. The molecule has 4 heteroatoms. The van der Waals surface area contributed by atoms with Gasteiger partial charge in [-0.05, 0) is 25.3 Å². The number of carbonyl (C=O) groups excluding carboxylic acids is 1. The predicted molar refractivity (Wildman–Crippen MR) is 69.4 cm³/mol. The van der Waals surface area contributed by atoms with Crippen molar-refractivity contribution in [2.45, 2.75) is 64.0 Å². The van der Waals surface area contributed by atoms with E-state index < -0.39 is 6.10 Å². The minimum absolute atomic E-state index is 0.117. The summed E-state index contributed by atoms with van der Waals surface area (Å²) in [4.78, 5) is 11.7. The summed E-state index contributed by atoms with van der Waals surface area (Å²) < 4.78 is 1.99. The molecule has 1 aromatic heterocycles. The Morgan fingerprint density at radius 3 is 2.94 bits per heavy atom. The molecule has 1 saturated carbocycles. The molecule has 100 valence electrons. The summed E-state index contributed by atoms with van der Waals surface area (Å²) >= 11 is 0. The maximum atomic E-state index is 11.7. The number of hydrogen-bond donors (Lipinski definition) is 1. The topological polar surface area (TPSA) is 55.1 Å². The average Bonchev–Trinajstić information content (AvgIpc) is 2.98. The van der Waals surface area contributed by atoms with Crippen LogP contribution in [0.15, 0.2) is 12.3 Å². The molecule has 0 bridgehead atoms. The molecule has 1 aromatic rings. The van der Waals surface area contributed by atoms with Gasteiger partial charge in [0, 0.05) is 6.20 Å². The fraction of sp³-hybridized carbons (Fsp3) is 0.714. The van der Waals surface area contributed by atoms with Crippen molar-refractivity contribution in [3.63, 3.8) is 0 Å². The second-order valence-corrected chi connectivity index (χ2v) is 5.17. The molecular weight excluding hydrogens is 228 g/mol. The summed E-state index contributed by atoms with van der Waals surface area (Å²) in [6.07, 6.45) is 7.67. The lowest BCUT2D eigenvalue weighted by Gasteiger charge is -2.09. The lowest BCUT2D eigenvalue weighted by Crippen LogP contribution is -2.22. The summed E-state index contributed by atoms with van der Waals surface area (Å²) in [5, 5.41) is 14.1. The third kappa shape index (κ3) is 3.19. The van der Waals surface area contributed by atoms with Crippen molar-refractivity contribution in [1.29, 1.82) is 0 Å². The van der Waals surface area contributed by atoms with Crippen LogP contribution >= 0.6 is 0 Å². The van der Waals surface area contributed by atoms with Gasteiger partial charge in [-0.1, -0.05) is 26.2 Å². The van der Waals surface area contributed by atoms with E-state index in [2.05, 4.69) is 5.10 Å². The van der Waals surface area contributed by atoms with Crippen molar-refractivity contribution in [2.75, 3.05) is 0 Å². The van der Waals surface area contributed by atoms with Crippen LogP contribution in [0.25, 0.3) is 0 Å². The Balaban J connectivity index is 1.91. The molecule has 18 heavy (non-hydrogen) atoms. The maximum absolute atomic E-state index is 11.7. The Morgan fingerprint density at radius 2 is 2.28 bits per heavy atom. The van der Waals surface area contributed by atoms with E-state index in [0.29, 0.717) is 12.5 Å². The Bertz CT molecular complexity index is 394. The third-order valence-corrected chi connectivity index (χ3v) is 3.65. The Kier molecular flexibility index (Phi) is 4.53. The van der Waals surface area contributed by atoms with Gasteiger partial charge in [-0.3, -0.25) is 9.48 Å². The van der Waals surface area contributed by atoms with Crippen molar-refractivity contribution >= 4 is 5.78 Å². The molecule has 4 nitrogen and oxygen atoms in total. The second-order valence-electron chi connectivity index (χ2n) is 5.17. The first-order chi connectivity index (χ1) is 8.70. The van der Waals surface area contributed by atoms with Crippen LogP contribution in [0.5, 0.6) is 0 Å². The molecule has 0 amide bonds. The van der Waals surface area contributed by atoms with Gasteiger partial charge in [0.25, 0.3) is 0 Å². The molecular formula is C14H22N2O2. The molecule has 1 fully saturated rings. The van der Waals surface area contributed by atoms with Gasteiger partial charge in [0.1, 0.15) is 6.10 Å². The van der Waals surface area contributed by atoms with Crippen LogP contribution in [0, 0.1) is 0 Å². The zero-order valence-electron chi connectivity index (χ0n) is 11.0. The van der Waals surface area contributed by atoms with E-state index in [1.807, 2.05) is 23.9 Å². The summed E-state index contributed by atoms with van der Waals surface area (Å²) in [6.45, 7) is 1.96. The highest BCUT2D eigenvalue weighted by Gasteiger charge is 2.19. The first kappa shape index (κ1) is 13.3. The van der Waals surface area contributed by atoms with Gasteiger partial charge < -0.3 is 5.11 Å². The zero-order chi connectivity index (χ0) is 13.0. The highest BCUT2D eigenvalue weighted by Crippen LogP contribution is 2.28. The van der Waals surface area contributed by atoms with Crippen molar-refractivity contribution in [3.8, 4) is 0 Å². The van der Waals surface area contributed by atoms with Gasteiger partial charge in [0.05, 0.1) is 18.2 Å². The minimum atomic E-state index is -0.827. The van der Waals surface area contributed by atoms with Gasteiger partial charge in [-0.15, -0.1) is 0 Å². The van der Waals surface area contributed by atoms with Gasteiger partial charge in [-0.25, -0.2) is 0 Å². The standard InChI is InChI=1S/C14H22N2O2/c1-2-5-13(17)14(18)10-11-8-9-16(15-11)12-6-3-4-7-12/h8-9,12-13,17H,2-7,10H2,1H3. The molecule has 0 spiro atoms. The monoisotopic (exact) mass is 250 g/mol. The highest BCUT2D eigenvalue weighted by atomic mass is 16.3. The maximum Gasteiger partial charge on any atom is 0.167 e. The van der Waals surface area contributed by atoms with Crippen LogP contribution < -0.4 is 0 Å². The summed E-state index contributed by atoms with van der Waals surface area (Å²) in [5.41, 5.74) is 0.780. The van der Waals surface area contributed by atoms with Gasteiger partial charge in [-0.2, -0.15) is 5.10 Å². The van der Waals surface area contributed by atoms with Crippen molar-refractivity contribution in [2.24, 2.45) is 0 Å². The van der Waals surface area contributed by atoms with Gasteiger partial charge in [0.2, 0.25) is 0 Å². The molecule has 1 aliphatic carbocycles. The molecule has 1 heterocycles. The Hall–Kier alpha value is -1.16. The number of ketones is 1. The molecule has 0 aromatic carbocycles. The number of carbonyl (C=O) groups is 1. The van der Waals surface area contributed by atoms with E-state index in [1.165, 1.54) is 25.7 Å². The van der Waals surface area contributed by atoms with Crippen molar-refractivity contribution in [3.05, 3.63) is 18.0 Å². The number of nitrogens with zero attached hydrogens (tertiary/aromatic N) is 2. The fourth-order valence-corrected chi connectivity index (χ4v) is 2.57. The van der Waals surface area contributed by atoms with Gasteiger partial charge in [0.15, 0.2) is 5.78 Å². The van der Waals surface area contributed by atoms with E-state index in [4.69, 9.17) is 0 Å². The fourth-order valence-electron chi connectivity index (χ4n) is 2.57. The van der Waals surface area contributed by atoms with Crippen LogP contribution in [-0.2, 0) is 11.2 Å².